The molecule has 3 aromatic rings. The quantitative estimate of drug-likeness (QED) is 0.113. The zero-order chi connectivity index (χ0) is 32.1. The molecule has 2 aromatic carbocycles. The number of carbonyl (C=O) groups is 4. The van der Waals surface area contributed by atoms with Crippen molar-refractivity contribution in [2.75, 3.05) is 25.6 Å². The number of nitrogens with one attached hydrogen (secondary N) is 1. The first-order valence-corrected chi connectivity index (χ1v) is 15.7. The van der Waals surface area contributed by atoms with Gasteiger partial charge in [-0.1, -0.05) is 6.07 Å². The van der Waals surface area contributed by atoms with E-state index in [1.54, 1.807) is 37.3 Å². The first-order valence-electron chi connectivity index (χ1n) is 14.1. The molecule has 5 rings (SSSR count). The summed E-state index contributed by atoms with van der Waals surface area (Å²) < 4.78 is 16.5. The molecule has 45 heavy (non-hydrogen) atoms. The second-order valence-electron chi connectivity index (χ2n) is 10.1. The molecule has 0 atom stereocenters. The Hall–Kier alpha value is -4.69. The zero-order valence-corrected chi connectivity index (χ0v) is 26.1. The minimum Gasteiger partial charge on any atom is -0.493 e. The summed E-state index contributed by atoms with van der Waals surface area (Å²) in [5.74, 6) is -0.928. The fraction of sp³-hybridized carbons (Fsp3) is 0.290. The number of rotatable bonds is 11. The lowest BCUT2D eigenvalue weighted by atomic mass is 9.95. The average molecular weight is 652 g/mol. The van der Waals surface area contributed by atoms with Crippen molar-refractivity contribution in [2.45, 2.75) is 39.2 Å². The maximum atomic E-state index is 13.1. The van der Waals surface area contributed by atoms with Crippen LogP contribution < -0.4 is 14.8 Å². The Morgan fingerprint density at radius 1 is 1.09 bits per heavy atom. The molecule has 12 nitrogen and oxygen atoms in total. The molecule has 0 unspecified atom stereocenters. The molecule has 0 saturated carbocycles. The lowest BCUT2D eigenvalue weighted by Gasteiger charge is -2.13. The number of nitro benzene ring substituents is 1. The van der Waals surface area contributed by atoms with E-state index in [9.17, 15) is 29.3 Å². The van der Waals surface area contributed by atoms with Gasteiger partial charge < -0.3 is 19.5 Å². The fourth-order valence-electron chi connectivity index (χ4n) is 4.94. The normalized spacial score (nSPS) is 15.2. The number of methoxy groups -OCH3 is 1. The van der Waals surface area contributed by atoms with Crippen LogP contribution in [-0.2, 0) is 33.8 Å². The maximum absolute atomic E-state index is 13.1. The molecule has 234 valence electrons. The van der Waals surface area contributed by atoms with Crippen LogP contribution in [0.3, 0.4) is 0 Å². The summed E-state index contributed by atoms with van der Waals surface area (Å²) in [6, 6.07) is 11.0. The summed E-state index contributed by atoms with van der Waals surface area (Å²) in [5.41, 5.74) is 2.52. The van der Waals surface area contributed by atoms with Crippen LogP contribution in [0.1, 0.15) is 51.7 Å². The Labute approximate surface area is 266 Å². The third-order valence-corrected chi connectivity index (χ3v) is 9.22. The lowest BCUT2D eigenvalue weighted by molar-refractivity contribution is -0.384. The number of nitrogens with zero attached hydrogens (tertiary/aromatic N) is 2. The predicted molar refractivity (Wildman–Crippen MR) is 169 cm³/mol. The number of carbonyl (C=O) groups excluding carboxylic acids is 4. The van der Waals surface area contributed by atoms with Crippen LogP contribution in [0.5, 0.6) is 11.5 Å². The van der Waals surface area contributed by atoms with Crippen LogP contribution in [0.4, 0.5) is 15.5 Å². The van der Waals surface area contributed by atoms with E-state index in [0.717, 1.165) is 46.6 Å². The van der Waals surface area contributed by atoms with Crippen molar-refractivity contribution in [2.24, 2.45) is 0 Å². The molecular formula is C31H29N3O9S2. The molecule has 1 N–H and O–H groups in total. The molecule has 1 aromatic heterocycles. The van der Waals surface area contributed by atoms with Crippen molar-refractivity contribution in [1.29, 1.82) is 0 Å². The van der Waals surface area contributed by atoms with Gasteiger partial charge in [0.05, 0.1) is 29.1 Å². The highest BCUT2D eigenvalue weighted by Crippen LogP contribution is 2.39. The molecule has 0 spiro atoms. The number of aryl methyl sites for hydroxylation is 1. The van der Waals surface area contributed by atoms with E-state index < -0.39 is 34.5 Å². The number of non-ortho nitro benzene ring substituents is 1. The summed E-state index contributed by atoms with van der Waals surface area (Å²) in [7, 11) is 1.46. The highest BCUT2D eigenvalue weighted by atomic mass is 32.2. The molecule has 1 saturated heterocycles. The molecule has 1 fully saturated rings. The van der Waals surface area contributed by atoms with Crippen LogP contribution in [0, 0.1) is 10.1 Å². The van der Waals surface area contributed by atoms with Crippen LogP contribution in [0.25, 0.3) is 6.08 Å². The van der Waals surface area contributed by atoms with Crippen LogP contribution >= 0.6 is 23.1 Å². The standard InChI is InChI=1S/C31H29N3O9S2/c1-3-42-30(37)27-21-6-4-5-7-24(21)44-28(27)32-26(35)16-33-29(36)25(45-31(33)38)15-19-10-13-22(23(14-19)41-2)43-17-18-8-11-20(12-9-18)34(39)40/h8-15H,3-7,16-17H2,1-2H3,(H,32,35). The highest BCUT2D eigenvalue weighted by molar-refractivity contribution is 8.18. The second kappa shape index (κ2) is 13.9. The van der Waals surface area contributed by atoms with Crippen molar-refractivity contribution in [3.63, 3.8) is 0 Å². The Kier molecular flexibility index (Phi) is 9.83. The topological polar surface area (TPSA) is 154 Å². The number of ether oxygens (including phenoxy) is 3. The monoisotopic (exact) mass is 651 g/mol. The maximum Gasteiger partial charge on any atom is 0.341 e. The number of amides is 3. The lowest BCUT2D eigenvalue weighted by Crippen LogP contribution is -2.36. The molecule has 14 heteroatoms. The highest BCUT2D eigenvalue weighted by Gasteiger charge is 2.37. The van der Waals surface area contributed by atoms with Gasteiger partial charge in [-0.2, -0.15) is 0 Å². The Balaban J connectivity index is 1.25. The molecule has 3 amide bonds. The van der Waals surface area contributed by atoms with E-state index in [4.69, 9.17) is 14.2 Å². The van der Waals surface area contributed by atoms with Gasteiger partial charge in [-0.25, -0.2) is 4.79 Å². The summed E-state index contributed by atoms with van der Waals surface area (Å²) >= 11 is 2.05. The van der Waals surface area contributed by atoms with Crippen molar-refractivity contribution in [1.82, 2.24) is 4.90 Å². The summed E-state index contributed by atoms with van der Waals surface area (Å²) in [4.78, 5) is 64.0. The van der Waals surface area contributed by atoms with Gasteiger partial charge in [-0.3, -0.25) is 29.4 Å². The van der Waals surface area contributed by atoms with Crippen molar-refractivity contribution in [3.05, 3.63) is 84.6 Å². The van der Waals surface area contributed by atoms with Gasteiger partial charge >= 0.3 is 5.97 Å². The average Bonchev–Trinajstić information content (AvgIpc) is 3.52. The third-order valence-electron chi connectivity index (χ3n) is 7.11. The van der Waals surface area contributed by atoms with Gasteiger partial charge in [0.25, 0.3) is 16.8 Å². The number of imide groups is 1. The third kappa shape index (κ3) is 7.18. The van der Waals surface area contributed by atoms with Crippen molar-refractivity contribution in [3.8, 4) is 11.5 Å². The number of hydrogen-bond donors (Lipinski definition) is 1. The van der Waals surface area contributed by atoms with Gasteiger partial charge in [0, 0.05) is 17.0 Å². The molecule has 2 heterocycles. The van der Waals surface area contributed by atoms with E-state index in [2.05, 4.69) is 5.32 Å². The largest absolute Gasteiger partial charge is 0.493 e. The molecular weight excluding hydrogens is 622 g/mol. The van der Waals surface area contributed by atoms with Gasteiger partial charge in [0.15, 0.2) is 11.5 Å². The van der Waals surface area contributed by atoms with Gasteiger partial charge in [-0.15, -0.1) is 11.3 Å². The minimum atomic E-state index is -0.617. The number of thioether (sulfide) groups is 1. The first kappa shape index (κ1) is 31.7. The molecule has 1 aliphatic heterocycles. The molecule has 0 radical (unpaired) electrons. The van der Waals surface area contributed by atoms with Gasteiger partial charge in [0.1, 0.15) is 18.2 Å². The number of nitro groups is 1. The second-order valence-corrected chi connectivity index (χ2v) is 12.2. The van der Waals surface area contributed by atoms with Gasteiger partial charge in [-0.05, 0) is 91.4 Å². The van der Waals surface area contributed by atoms with Crippen molar-refractivity contribution >= 4 is 62.9 Å². The van der Waals surface area contributed by atoms with E-state index in [0.29, 0.717) is 39.4 Å². The van der Waals surface area contributed by atoms with E-state index in [1.165, 1.54) is 36.7 Å². The number of benzene rings is 2. The molecule has 1 aliphatic carbocycles. The van der Waals surface area contributed by atoms with Crippen LogP contribution in [0.15, 0.2) is 47.4 Å². The Morgan fingerprint density at radius 3 is 2.56 bits per heavy atom. The number of hydrogen-bond acceptors (Lipinski definition) is 11. The van der Waals surface area contributed by atoms with Gasteiger partial charge in [0.2, 0.25) is 5.91 Å². The number of esters is 1. The van der Waals surface area contributed by atoms with Crippen LogP contribution in [-0.4, -0.2) is 53.1 Å². The summed E-state index contributed by atoms with van der Waals surface area (Å²) in [6.07, 6.45) is 5.00. The minimum absolute atomic E-state index is 0.0188. The predicted octanol–water partition coefficient (Wildman–Crippen LogP) is 5.97. The van der Waals surface area contributed by atoms with Crippen LogP contribution in [0.2, 0.25) is 0 Å². The zero-order valence-electron chi connectivity index (χ0n) is 24.5. The summed E-state index contributed by atoms with van der Waals surface area (Å²) in [5, 5.41) is 13.4. The Bertz CT molecular complexity index is 1700. The number of fused-ring (bicyclic) bond motifs is 1. The van der Waals surface area contributed by atoms with E-state index in [-0.39, 0.29) is 23.8 Å². The first-order chi connectivity index (χ1) is 21.7. The molecule has 2 aliphatic rings. The van der Waals surface area contributed by atoms with E-state index >= 15 is 0 Å². The number of anilines is 1. The fourth-order valence-corrected chi connectivity index (χ4v) is 7.07. The Morgan fingerprint density at radius 2 is 1.84 bits per heavy atom. The summed E-state index contributed by atoms with van der Waals surface area (Å²) in [6.45, 7) is 1.55. The molecule has 0 bridgehead atoms. The number of thiophene rings is 1. The smallest absolute Gasteiger partial charge is 0.341 e. The SMILES string of the molecule is CCOC(=O)c1c(NC(=O)CN2C(=O)SC(=Cc3ccc(OCc4ccc([N+](=O)[O-])cc4)c(OC)c3)C2=O)sc2c1CCCC2. The van der Waals surface area contributed by atoms with Crippen molar-refractivity contribution < 1.29 is 38.3 Å². The van der Waals surface area contributed by atoms with E-state index in [1.807, 2.05) is 0 Å².